The van der Waals surface area contributed by atoms with Crippen molar-refractivity contribution < 1.29 is 17.6 Å². The normalized spacial score (nSPS) is 15.8. The first-order valence-corrected chi connectivity index (χ1v) is 10.8. The second kappa shape index (κ2) is 9.12. The number of sulfonamides is 1. The molecule has 0 bridgehead atoms. The Labute approximate surface area is 165 Å². The molecule has 0 atom stereocenters. The quantitative estimate of drug-likeness (QED) is 0.698. The number of carbonyl (C=O) groups is 1. The fourth-order valence-corrected chi connectivity index (χ4v) is 4.53. The van der Waals surface area contributed by atoms with Crippen LogP contribution in [0.3, 0.4) is 0 Å². The van der Waals surface area contributed by atoms with Crippen LogP contribution in [0, 0.1) is 5.82 Å². The lowest BCUT2D eigenvalue weighted by atomic mass is 10.2. The minimum absolute atomic E-state index is 0.0649. The van der Waals surface area contributed by atoms with Gasteiger partial charge in [-0.1, -0.05) is 42.5 Å². The van der Waals surface area contributed by atoms with Crippen LogP contribution in [-0.4, -0.2) is 55.5 Å². The van der Waals surface area contributed by atoms with Gasteiger partial charge in [-0.25, -0.2) is 12.8 Å². The van der Waals surface area contributed by atoms with Gasteiger partial charge in [0.2, 0.25) is 15.9 Å². The zero-order valence-electron chi connectivity index (χ0n) is 15.5. The van der Waals surface area contributed by atoms with Crippen LogP contribution in [0.4, 0.5) is 4.39 Å². The summed E-state index contributed by atoms with van der Waals surface area (Å²) in [6, 6.07) is 15.4. The van der Waals surface area contributed by atoms with Gasteiger partial charge in [-0.3, -0.25) is 4.79 Å². The Hall–Kier alpha value is -2.51. The summed E-state index contributed by atoms with van der Waals surface area (Å²) in [4.78, 5) is 13.9. The third-order valence-corrected chi connectivity index (χ3v) is 6.60. The molecule has 2 aromatic rings. The zero-order valence-corrected chi connectivity index (χ0v) is 16.3. The van der Waals surface area contributed by atoms with E-state index in [1.807, 2.05) is 30.3 Å². The second-order valence-corrected chi connectivity index (χ2v) is 8.75. The van der Waals surface area contributed by atoms with Gasteiger partial charge in [0.25, 0.3) is 0 Å². The van der Waals surface area contributed by atoms with Gasteiger partial charge in [-0.05, 0) is 35.8 Å². The van der Waals surface area contributed by atoms with Gasteiger partial charge in [0.1, 0.15) is 5.82 Å². The lowest BCUT2D eigenvalue weighted by Crippen LogP contribution is -2.50. The van der Waals surface area contributed by atoms with Crippen LogP contribution >= 0.6 is 0 Å². The Balaban J connectivity index is 1.50. The standard InChI is InChI=1S/C21H23FN2O3S/c22-20-9-6-19(7-10-20)8-11-21(25)23-13-15-24(16-14-23)28(26,27)17-12-18-4-2-1-3-5-18/h1-11H,12-17H2/b11-8+. The predicted molar refractivity (Wildman–Crippen MR) is 108 cm³/mol. The van der Waals surface area contributed by atoms with Crippen LogP contribution in [0.5, 0.6) is 0 Å². The number of aryl methyl sites for hydroxylation is 1. The van der Waals surface area contributed by atoms with Crippen LogP contribution in [0.25, 0.3) is 6.08 Å². The largest absolute Gasteiger partial charge is 0.337 e. The molecular weight excluding hydrogens is 379 g/mol. The summed E-state index contributed by atoms with van der Waals surface area (Å²) in [5, 5.41) is 0. The van der Waals surface area contributed by atoms with Gasteiger partial charge >= 0.3 is 0 Å². The molecule has 1 saturated heterocycles. The molecule has 0 radical (unpaired) electrons. The maximum absolute atomic E-state index is 12.9. The van der Waals surface area contributed by atoms with E-state index in [-0.39, 0.29) is 17.5 Å². The number of hydrogen-bond acceptors (Lipinski definition) is 3. The summed E-state index contributed by atoms with van der Waals surface area (Å²) in [7, 11) is -3.35. The molecule has 1 aliphatic rings. The van der Waals surface area contributed by atoms with Crippen molar-refractivity contribution in [2.45, 2.75) is 6.42 Å². The van der Waals surface area contributed by atoms with E-state index in [1.165, 1.54) is 22.5 Å². The molecule has 0 aromatic heterocycles. The highest BCUT2D eigenvalue weighted by Crippen LogP contribution is 2.12. The minimum Gasteiger partial charge on any atom is -0.337 e. The van der Waals surface area contributed by atoms with E-state index in [0.717, 1.165) is 11.1 Å². The van der Waals surface area contributed by atoms with Crippen molar-refractivity contribution in [3.63, 3.8) is 0 Å². The zero-order chi connectivity index (χ0) is 20.0. The number of benzene rings is 2. The SMILES string of the molecule is O=C(/C=C/c1ccc(F)cc1)N1CCN(S(=O)(=O)CCc2ccccc2)CC1. The van der Waals surface area contributed by atoms with Gasteiger partial charge in [0, 0.05) is 32.3 Å². The molecule has 1 aliphatic heterocycles. The fourth-order valence-electron chi connectivity index (χ4n) is 3.05. The molecule has 3 rings (SSSR count). The molecule has 1 amide bonds. The average Bonchev–Trinajstić information content (AvgIpc) is 2.72. The summed E-state index contributed by atoms with van der Waals surface area (Å²) in [6.45, 7) is 1.31. The Bertz CT molecular complexity index is 920. The van der Waals surface area contributed by atoms with E-state index < -0.39 is 10.0 Å². The molecule has 7 heteroatoms. The highest BCUT2D eigenvalue weighted by atomic mass is 32.2. The van der Waals surface area contributed by atoms with Crippen LogP contribution in [-0.2, 0) is 21.2 Å². The topological polar surface area (TPSA) is 57.7 Å². The van der Waals surface area contributed by atoms with Crippen molar-refractivity contribution in [2.24, 2.45) is 0 Å². The average molecular weight is 402 g/mol. The summed E-state index contributed by atoms with van der Waals surface area (Å²) in [5.41, 5.74) is 1.72. The number of hydrogen-bond donors (Lipinski definition) is 0. The van der Waals surface area contributed by atoms with E-state index in [0.29, 0.717) is 32.6 Å². The fraction of sp³-hybridized carbons (Fsp3) is 0.286. The van der Waals surface area contributed by atoms with Gasteiger partial charge in [-0.15, -0.1) is 0 Å². The Morgan fingerprint density at radius 1 is 0.964 bits per heavy atom. The molecule has 0 unspecified atom stereocenters. The first-order valence-electron chi connectivity index (χ1n) is 9.18. The minimum atomic E-state index is -3.35. The second-order valence-electron chi connectivity index (χ2n) is 6.66. The van der Waals surface area contributed by atoms with Crippen molar-refractivity contribution in [2.75, 3.05) is 31.9 Å². The molecule has 0 N–H and O–H groups in total. The van der Waals surface area contributed by atoms with Crippen molar-refractivity contribution in [3.8, 4) is 0 Å². The van der Waals surface area contributed by atoms with Crippen LogP contribution < -0.4 is 0 Å². The number of piperazine rings is 1. The lowest BCUT2D eigenvalue weighted by Gasteiger charge is -2.33. The van der Waals surface area contributed by atoms with Crippen molar-refractivity contribution in [1.82, 2.24) is 9.21 Å². The lowest BCUT2D eigenvalue weighted by molar-refractivity contribution is -0.127. The molecular formula is C21H23FN2O3S. The highest BCUT2D eigenvalue weighted by Gasteiger charge is 2.27. The van der Waals surface area contributed by atoms with Crippen LogP contribution in [0.2, 0.25) is 0 Å². The Morgan fingerprint density at radius 2 is 1.61 bits per heavy atom. The smallest absolute Gasteiger partial charge is 0.246 e. The van der Waals surface area contributed by atoms with E-state index in [4.69, 9.17) is 0 Å². The van der Waals surface area contributed by atoms with E-state index in [2.05, 4.69) is 0 Å². The third-order valence-electron chi connectivity index (χ3n) is 4.72. The molecule has 0 aliphatic carbocycles. The van der Waals surface area contributed by atoms with Crippen molar-refractivity contribution in [1.29, 1.82) is 0 Å². The predicted octanol–water partition coefficient (Wildman–Crippen LogP) is 2.56. The number of amides is 1. The summed E-state index contributed by atoms with van der Waals surface area (Å²) >= 11 is 0. The number of carbonyl (C=O) groups excluding carboxylic acids is 1. The van der Waals surface area contributed by atoms with Gasteiger partial charge in [0.15, 0.2) is 0 Å². The monoisotopic (exact) mass is 402 g/mol. The highest BCUT2D eigenvalue weighted by molar-refractivity contribution is 7.89. The summed E-state index contributed by atoms with van der Waals surface area (Å²) in [6.07, 6.45) is 3.54. The Morgan fingerprint density at radius 3 is 2.25 bits per heavy atom. The van der Waals surface area contributed by atoms with Crippen LogP contribution in [0.15, 0.2) is 60.7 Å². The van der Waals surface area contributed by atoms with Crippen molar-refractivity contribution in [3.05, 3.63) is 77.6 Å². The molecule has 0 spiro atoms. The molecule has 28 heavy (non-hydrogen) atoms. The summed E-state index contributed by atoms with van der Waals surface area (Å²) in [5.74, 6) is -0.436. The van der Waals surface area contributed by atoms with Gasteiger partial charge in [0.05, 0.1) is 5.75 Å². The molecule has 2 aromatic carbocycles. The number of rotatable bonds is 6. The molecule has 0 saturated carbocycles. The number of nitrogens with zero attached hydrogens (tertiary/aromatic N) is 2. The Kier molecular flexibility index (Phi) is 6.59. The van der Waals surface area contributed by atoms with E-state index in [9.17, 15) is 17.6 Å². The van der Waals surface area contributed by atoms with Gasteiger partial charge < -0.3 is 4.90 Å². The van der Waals surface area contributed by atoms with Crippen molar-refractivity contribution >= 4 is 22.0 Å². The first-order chi connectivity index (χ1) is 13.4. The number of halogens is 1. The maximum Gasteiger partial charge on any atom is 0.246 e. The van der Waals surface area contributed by atoms with Gasteiger partial charge in [-0.2, -0.15) is 4.31 Å². The van der Waals surface area contributed by atoms with Crippen LogP contribution in [0.1, 0.15) is 11.1 Å². The molecule has 148 valence electrons. The van der Waals surface area contributed by atoms with E-state index in [1.54, 1.807) is 23.1 Å². The van der Waals surface area contributed by atoms with E-state index >= 15 is 0 Å². The first kappa shape index (κ1) is 20.2. The molecule has 5 nitrogen and oxygen atoms in total. The maximum atomic E-state index is 12.9. The third kappa shape index (κ3) is 5.50. The summed E-state index contributed by atoms with van der Waals surface area (Å²) < 4.78 is 39.5. The molecule has 1 fully saturated rings. The molecule has 1 heterocycles.